The van der Waals surface area contributed by atoms with Crippen LogP contribution in [0.25, 0.3) is 0 Å². The third kappa shape index (κ3) is 3.80. The van der Waals surface area contributed by atoms with E-state index in [9.17, 15) is 19.2 Å². The molecule has 1 aliphatic heterocycles. The molecule has 4 amide bonds. The molecule has 0 spiro atoms. The number of carboxylic acid groups (broad SMARTS) is 1. The number of aliphatic carboxylic acids is 1. The molecule has 3 N–H and O–H groups in total. The van der Waals surface area contributed by atoms with Crippen LogP contribution in [0.3, 0.4) is 0 Å². The molecule has 2 rings (SSSR count). The van der Waals surface area contributed by atoms with Gasteiger partial charge in [0.15, 0.2) is 0 Å². The number of carbonyl (C=O) groups is 4. The van der Waals surface area contributed by atoms with E-state index in [1.807, 2.05) is 0 Å². The van der Waals surface area contributed by atoms with Gasteiger partial charge in [-0.25, -0.2) is 4.79 Å². The van der Waals surface area contributed by atoms with Crippen LogP contribution in [0.4, 0.5) is 4.79 Å². The summed E-state index contributed by atoms with van der Waals surface area (Å²) in [5.74, 6) is -1.66. The smallest absolute Gasteiger partial charge is 0.325 e. The maximum absolute atomic E-state index is 12.4. The molecule has 8 nitrogen and oxygen atoms in total. The van der Waals surface area contributed by atoms with E-state index in [0.717, 1.165) is 17.7 Å². The van der Waals surface area contributed by atoms with Crippen molar-refractivity contribution in [3.63, 3.8) is 0 Å². The van der Waals surface area contributed by atoms with Crippen LogP contribution in [-0.2, 0) is 14.4 Å². The Balaban J connectivity index is 1.93. The van der Waals surface area contributed by atoms with Gasteiger partial charge in [-0.3, -0.25) is 19.3 Å². The SMILES string of the molecule is CC(C)(CCC(=O)O)NC(=O)CN1C(=O)N[C@@](C)(C2CC2)C1=O. The molecule has 0 radical (unpaired) electrons. The third-order valence-corrected chi connectivity index (χ3v) is 4.44. The Hall–Kier alpha value is -2.12. The minimum Gasteiger partial charge on any atom is -0.481 e. The van der Waals surface area contributed by atoms with Gasteiger partial charge in [0.1, 0.15) is 12.1 Å². The highest BCUT2D eigenvalue weighted by atomic mass is 16.4. The van der Waals surface area contributed by atoms with Crippen LogP contribution in [0.2, 0.25) is 0 Å². The Labute approximate surface area is 134 Å². The summed E-state index contributed by atoms with van der Waals surface area (Å²) in [6.07, 6.45) is 1.97. The highest BCUT2D eigenvalue weighted by Crippen LogP contribution is 2.42. The van der Waals surface area contributed by atoms with E-state index in [1.54, 1.807) is 20.8 Å². The van der Waals surface area contributed by atoms with Crippen LogP contribution in [0, 0.1) is 5.92 Å². The van der Waals surface area contributed by atoms with E-state index in [-0.39, 0.29) is 31.2 Å². The number of nitrogens with zero attached hydrogens (tertiary/aromatic N) is 1. The second kappa shape index (κ2) is 5.82. The summed E-state index contributed by atoms with van der Waals surface area (Å²) in [5.41, 5.74) is -1.63. The molecular formula is C15H23N3O5. The molecule has 1 saturated heterocycles. The predicted molar refractivity (Wildman–Crippen MR) is 80.5 cm³/mol. The fourth-order valence-corrected chi connectivity index (χ4v) is 2.84. The number of carbonyl (C=O) groups excluding carboxylic acids is 3. The Bertz CT molecular complexity index is 555. The lowest BCUT2D eigenvalue weighted by Crippen LogP contribution is -2.50. The summed E-state index contributed by atoms with van der Waals surface area (Å²) in [6.45, 7) is 4.74. The van der Waals surface area contributed by atoms with Crippen molar-refractivity contribution in [3.8, 4) is 0 Å². The van der Waals surface area contributed by atoms with Gasteiger partial charge in [-0.05, 0) is 46.0 Å². The molecule has 0 unspecified atom stereocenters. The van der Waals surface area contributed by atoms with Gasteiger partial charge in [0, 0.05) is 12.0 Å². The molecule has 1 heterocycles. The van der Waals surface area contributed by atoms with Gasteiger partial charge in [0.05, 0.1) is 0 Å². The maximum atomic E-state index is 12.4. The van der Waals surface area contributed by atoms with E-state index >= 15 is 0 Å². The first kappa shape index (κ1) is 17.2. The summed E-state index contributed by atoms with van der Waals surface area (Å²) in [5, 5.41) is 14.1. The molecule has 1 atom stereocenters. The van der Waals surface area contributed by atoms with Gasteiger partial charge < -0.3 is 15.7 Å². The number of hydrogen-bond donors (Lipinski definition) is 3. The molecule has 0 aromatic rings. The van der Waals surface area contributed by atoms with Crippen LogP contribution in [0.1, 0.15) is 46.5 Å². The third-order valence-electron chi connectivity index (χ3n) is 4.44. The number of carboxylic acids is 1. The number of hydrogen-bond acceptors (Lipinski definition) is 4. The van der Waals surface area contributed by atoms with Crippen molar-refractivity contribution >= 4 is 23.8 Å². The minimum absolute atomic E-state index is 0.0733. The van der Waals surface area contributed by atoms with E-state index in [2.05, 4.69) is 10.6 Å². The van der Waals surface area contributed by atoms with E-state index in [0.29, 0.717) is 0 Å². The van der Waals surface area contributed by atoms with Gasteiger partial charge in [0.2, 0.25) is 5.91 Å². The molecule has 0 aromatic heterocycles. The van der Waals surface area contributed by atoms with Crippen molar-refractivity contribution in [3.05, 3.63) is 0 Å². The molecule has 128 valence electrons. The quantitative estimate of drug-likeness (QED) is 0.588. The zero-order valence-electron chi connectivity index (χ0n) is 13.6. The maximum Gasteiger partial charge on any atom is 0.325 e. The zero-order valence-corrected chi connectivity index (χ0v) is 13.6. The first-order chi connectivity index (χ1) is 10.5. The summed E-state index contributed by atoms with van der Waals surface area (Å²) in [6, 6.07) is -0.553. The number of rotatable bonds is 7. The minimum atomic E-state index is -0.943. The normalized spacial score (nSPS) is 24.6. The van der Waals surface area contributed by atoms with Crippen molar-refractivity contribution in [1.82, 2.24) is 15.5 Å². The molecule has 23 heavy (non-hydrogen) atoms. The van der Waals surface area contributed by atoms with Gasteiger partial charge in [-0.2, -0.15) is 0 Å². The fraction of sp³-hybridized carbons (Fsp3) is 0.733. The largest absolute Gasteiger partial charge is 0.481 e. The Morgan fingerprint density at radius 2 is 2.00 bits per heavy atom. The molecule has 2 fully saturated rings. The predicted octanol–water partition coefficient (Wildman–Crippen LogP) is 0.467. The van der Waals surface area contributed by atoms with Crippen molar-refractivity contribution < 1.29 is 24.3 Å². The van der Waals surface area contributed by atoms with E-state index in [4.69, 9.17) is 5.11 Å². The van der Waals surface area contributed by atoms with E-state index < -0.39 is 29.0 Å². The second-order valence-electron chi connectivity index (χ2n) is 7.12. The Kier molecular flexibility index (Phi) is 4.37. The van der Waals surface area contributed by atoms with Crippen molar-refractivity contribution in [2.24, 2.45) is 5.92 Å². The Morgan fingerprint density at radius 3 is 2.52 bits per heavy atom. The average molecular weight is 325 g/mol. The first-order valence-corrected chi connectivity index (χ1v) is 7.72. The van der Waals surface area contributed by atoms with Crippen molar-refractivity contribution in [2.75, 3.05) is 6.54 Å². The Morgan fingerprint density at radius 1 is 1.39 bits per heavy atom. The summed E-state index contributed by atoms with van der Waals surface area (Å²) in [4.78, 5) is 48.1. The number of nitrogens with one attached hydrogen (secondary N) is 2. The van der Waals surface area contributed by atoms with Gasteiger partial charge >= 0.3 is 12.0 Å². The van der Waals surface area contributed by atoms with Gasteiger partial charge in [-0.1, -0.05) is 0 Å². The topological polar surface area (TPSA) is 116 Å². The summed E-state index contributed by atoms with van der Waals surface area (Å²) < 4.78 is 0. The van der Waals surface area contributed by atoms with Gasteiger partial charge in [-0.15, -0.1) is 0 Å². The molecule has 1 aliphatic carbocycles. The van der Waals surface area contributed by atoms with Crippen LogP contribution >= 0.6 is 0 Å². The molecule has 8 heteroatoms. The standard InChI is InChI=1S/C15H23N3O5/c1-14(2,7-6-11(20)21)16-10(19)8-18-12(22)15(3,9-4-5-9)17-13(18)23/h9H,4-8H2,1-3H3,(H,16,19)(H,17,23)(H,20,21)/t15-/m0/s1. The summed E-state index contributed by atoms with van der Waals surface area (Å²) in [7, 11) is 0. The monoisotopic (exact) mass is 325 g/mol. The number of imide groups is 1. The van der Waals surface area contributed by atoms with Crippen LogP contribution in [-0.4, -0.2) is 51.4 Å². The second-order valence-corrected chi connectivity index (χ2v) is 7.12. The highest BCUT2D eigenvalue weighted by Gasteiger charge is 2.56. The number of amides is 4. The molecule has 2 aliphatic rings. The first-order valence-electron chi connectivity index (χ1n) is 7.72. The van der Waals surface area contributed by atoms with Crippen molar-refractivity contribution in [2.45, 2.75) is 57.5 Å². The lowest BCUT2D eigenvalue weighted by molar-refractivity contribution is -0.138. The van der Waals surface area contributed by atoms with Crippen LogP contribution < -0.4 is 10.6 Å². The lowest BCUT2D eigenvalue weighted by Gasteiger charge is -2.27. The molecular weight excluding hydrogens is 302 g/mol. The highest BCUT2D eigenvalue weighted by molar-refractivity contribution is 6.09. The fourth-order valence-electron chi connectivity index (χ4n) is 2.84. The zero-order chi connectivity index (χ0) is 17.4. The van der Waals surface area contributed by atoms with Crippen LogP contribution in [0.15, 0.2) is 0 Å². The average Bonchev–Trinajstić information content (AvgIpc) is 3.23. The van der Waals surface area contributed by atoms with E-state index in [1.165, 1.54) is 0 Å². The lowest BCUT2D eigenvalue weighted by atomic mass is 9.96. The molecule has 1 saturated carbocycles. The van der Waals surface area contributed by atoms with Crippen molar-refractivity contribution in [1.29, 1.82) is 0 Å². The summed E-state index contributed by atoms with van der Waals surface area (Å²) >= 11 is 0. The molecule has 0 bridgehead atoms. The molecule has 0 aromatic carbocycles. The van der Waals surface area contributed by atoms with Gasteiger partial charge in [0.25, 0.3) is 5.91 Å². The van der Waals surface area contributed by atoms with Crippen LogP contribution in [0.5, 0.6) is 0 Å². The number of urea groups is 1.